The molecule has 0 spiro atoms. The van der Waals surface area contributed by atoms with Gasteiger partial charge in [0.2, 0.25) is 5.91 Å². The van der Waals surface area contributed by atoms with Gasteiger partial charge in [-0.05, 0) is 24.3 Å². The molecule has 0 aliphatic rings. The maximum Gasteiger partial charge on any atom is 0.573 e. The second-order valence-electron chi connectivity index (χ2n) is 4.74. The number of carbonyl (C=O) groups excluding carboxylic acids is 1. The molecule has 2 N–H and O–H groups in total. The quantitative estimate of drug-likeness (QED) is 0.843. The number of para-hydroxylation sites is 1. The number of nitrogens with two attached hydrogens (primary N) is 1. The molecule has 0 aliphatic heterocycles. The summed E-state index contributed by atoms with van der Waals surface area (Å²) >= 11 is 0. The van der Waals surface area contributed by atoms with Crippen molar-refractivity contribution in [1.29, 1.82) is 0 Å². The highest BCUT2D eigenvalue weighted by atomic mass is 19.4. The van der Waals surface area contributed by atoms with E-state index < -0.39 is 12.3 Å². The molecule has 0 aromatic heterocycles. The van der Waals surface area contributed by atoms with Crippen LogP contribution in [0.1, 0.15) is 21.5 Å². The average Bonchev–Trinajstić information content (AvgIpc) is 2.52. The lowest BCUT2D eigenvalue weighted by molar-refractivity contribution is -0.274. The molecular formula is C17H14F3NO3. The van der Waals surface area contributed by atoms with E-state index in [-0.39, 0.29) is 16.9 Å². The van der Waals surface area contributed by atoms with Crippen molar-refractivity contribution >= 4 is 18.1 Å². The van der Waals surface area contributed by atoms with Crippen LogP contribution < -0.4 is 15.2 Å². The van der Waals surface area contributed by atoms with Gasteiger partial charge in [0, 0.05) is 16.7 Å². The van der Waals surface area contributed by atoms with E-state index in [1.807, 2.05) is 0 Å². The number of rotatable bonds is 5. The Morgan fingerprint density at radius 1 is 1.04 bits per heavy atom. The predicted molar refractivity (Wildman–Crippen MR) is 83.6 cm³/mol. The second kappa shape index (κ2) is 7.08. The van der Waals surface area contributed by atoms with Crippen molar-refractivity contribution in [3.05, 3.63) is 59.2 Å². The van der Waals surface area contributed by atoms with Gasteiger partial charge >= 0.3 is 6.36 Å². The minimum absolute atomic E-state index is 0.223. The molecular weight excluding hydrogens is 323 g/mol. The second-order valence-corrected chi connectivity index (χ2v) is 4.74. The highest BCUT2D eigenvalue weighted by Crippen LogP contribution is 2.29. The molecule has 0 saturated carbocycles. The molecule has 0 radical (unpaired) electrons. The summed E-state index contributed by atoms with van der Waals surface area (Å²) in [4.78, 5) is 11.3. The average molecular weight is 337 g/mol. The summed E-state index contributed by atoms with van der Waals surface area (Å²) in [5.74, 6) is -0.496. The standard InChI is InChI=1S/C17H14F3NO3/c1-23-14-9-8-13(16(21)22)10-12(14)7-6-11-4-2-3-5-15(11)24-17(18,19)20/h2-10H,1H3,(H2,21,22)/b7-6+. The molecule has 0 fully saturated rings. The molecule has 2 rings (SSSR count). The van der Waals surface area contributed by atoms with Crippen molar-refractivity contribution in [2.24, 2.45) is 5.73 Å². The first kappa shape index (κ1) is 17.4. The monoisotopic (exact) mass is 337 g/mol. The third kappa shape index (κ3) is 4.52. The Kier molecular flexibility index (Phi) is 5.13. The molecule has 24 heavy (non-hydrogen) atoms. The molecule has 2 aromatic carbocycles. The van der Waals surface area contributed by atoms with Crippen molar-refractivity contribution in [3.63, 3.8) is 0 Å². The smallest absolute Gasteiger partial charge is 0.496 e. The van der Waals surface area contributed by atoms with E-state index in [2.05, 4.69) is 4.74 Å². The van der Waals surface area contributed by atoms with E-state index in [0.29, 0.717) is 11.3 Å². The fourth-order valence-electron chi connectivity index (χ4n) is 2.03. The van der Waals surface area contributed by atoms with Gasteiger partial charge in [-0.3, -0.25) is 4.79 Å². The van der Waals surface area contributed by atoms with Crippen molar-refractivity contribution in [2.45, 2.75) is 6.36 Å². The van der Waals surface area contributed by atoms with Gasteiger partial charge in [0.05, 0.1) is 7.11 Å². The van der Waals surface area contributed by atoms with Crippen molar-refractivity contribution in [3.8, 4) is 11.5 Å². The summed E-state index contributed by atoms with van der Waals surface area (Å²) < 4.78 is 46.4. The highest BCUT2D eigenvalue weighted by Gasteiger charge is 2.31. The number of methoxy groups -OCH3 is 1. The number of amides is 1. The maximum absolute atomic E-state index is 12.4. The van der Waals surface area contributed by atoms with E-state index in [9.17, 15) is 18.0 Å². The molecule has 0 heterocycles. The largest absolute Gasteiger partial charge is 0.573 e. The molecule has 2 aromatic rings. The molecule has 4 nitrogen and oxygen atoms in total. The Morgan fingerprint density at radius 2 is 1.71 bits per heavy atom. The van der Waals surface area contributed by atoms with Crippen LogP contribution in [-0.2, 0) is 0 Å². The van der Waals surface area contributed by atoms with Crippen LogP contribution >= 0.6 is 0 Å². The summed E-state index contributed by atoms with van der Waals surface area (Å²) in [6.45, 7) is 0. The highest BCUT2D eigenvalue weighted by molar-refractivity contribution is 5.94. The first-order valence-corrected chi connectivity index (χ1v) is 6.81. The topological polar surface area (TPSA) is 61.5 Å². The number of primary amides is 1. The Morgan fingerprint density at radius 3 is 2.33 bits per heavy atom. The van der Waals surface area contributed by atoms with Gasteiger partial charge in [0.25, 0.3) is 0 Å². The summed E-state index contributed by atoms with van der Waals surface area (Å²) in [6.07, 6.45) is -1.83. The molecule has 126 valence electrons. The lowest BCUT2D eigenvalue weighted by Crippen LogP contribution is -2.17. The summed E-state index contributed by atoms with van der Waals surface area (Å²) in [6, 6.07) is 10.3. The summed E-state index contributed by atoms with van der Waals surface area (Å²) in [5, 5.41) is 0. The number of ether oxygens (including phenoxy) is 2. The van der Waals surface area contributed by atoms with Crippen LogP contribution in [0.5, 0.6) is 11.5 Å². The van der Waals surface area contributed by atoms with Gasteiger partial charge in [-0.15, -0.1) is 13.2 Å². The third-order valence-electron chi connectivity index (χ3n) is 3.10. The fourth-order valence-corrected chi connectivity index (χ4v) is 2.03. The molecule has 0 aliphatic carbocycles. The van der Waals surface area contributed by atoms with Crippen LogP contribution in [0, 0.1) is 0 Å². The molecule has 0 bridgehead atoms. The van der Waals surface area contributed by atoms with Crippen LogP contribution in [0.15, 0.2) is 42.5 Å². The molecule has 7 heteroatoms. The van der Waals surface area contributed by atoms with E-state index in [1.165, 1.54) is 49.6 Å². The van der Waals surface area contributed by atoms with Crippen LogP contribution in [0.2, 0.25) is 0 Å². The zero-order valence-electron chi connectivity index (χ0n) is 12.6. The van der Waals surface area contributed by atoms with Crippen LogP contribution in [0.4, 0.5) is 13.2 Å². The van der Waals surface area contributed by atoms with Gasteiger partial charge in [-0.2, -0.15) is 0 Å². The summed E-state index contributed by atoms with van der Waals surface area (Å²) in [7, 11) is 1.44. The number of benzene rings is 2. The van der Waals surface area contributed by atoms with Crippen molar-refractivity contribution in [1.82, 2.24) is 0 Å². The minimum atomic E-state index is -4.78. The van der Waals surface area contributed by atoms with E-state index >= 15 is 0 Å². The fraction of sp³-hybridized carbons (Fsp3) is 0.118. The first-order chi connectivity index (χ1) is 11.3. The Bertz CT molecular complexity index is 770. The number of alkyl halides is 3. The Balaban J connectivity index is 2.38. The van der Waals surface area contributed by atoms with Crippen molar-refractivity contribution in [2.75, 3.05) is 7.11 Å². The van der Waals surface area contributed by atoms with E-state index in [4.69, 9.17) is 10.5 Å². The molecule has 0 saturated heterocycles. The minimum Gasteiger partial charge on any atom is -0.496 e. The van der Waals surface area contributed by atoms with E-state index in [0.717, 1.165) is 0 Å². The predicted octanol–water partition coefficient (Wildman–Crippen LogP) is 3.86. The Hall–Kier alpha value is -2.96. The first-order valence-electron chi connectivity index (χ1n) is 6.81. The number of hydrogen-bond acceptors (Lipinski definition) is 3. The SMILES string of the molecule is COc1ccc(C(N)=O)cc1/C=C/c1ccccc1OC(F)(F)F. The number of halogens is 3. The Labute approximate surface area is 136 Å². The van der Waals surface area contributed by atoms with E-state index in [1.54, 1.807) is 12.1 Å². The molecule has 1 amide bonds. The molecule has 0 atom stereocenters. The van der Waals surface area contributed by atoms with Crippen LogP contribution in [0.25, 0.3) is 12.2 Å². The number of hydrogen-bond donors (Lipinski definition) is 1. The third-order valence-corrected chi connectivity index (χ3v) is 3.10. The van der Waals surface area contributed by atoms with Gasteiger partial charge in [0.1, 0.15) is 11.5 Å². The van der Waals surface area contributed by atoms with Crippen molar-refractivity contribution < 1.29 is 27.4 Å². The van der Waals surface area contributed by atoms with Crippen LogP contribution in [-0.4, -0.2) is 19.4 Å². The normalized spacial score (nSPS) is 11.5. The lowest BCUT2D eigenvalue weighted by atomic mass is 10.1. The van der Waals surface area contributed by atoms with Gasteiger partial charge in [-0.1, -0.05) is 30.4 Å². The van der Waals surface area contributed by atoms with Gasteiger partial charge < -0.3 is 15.2 Å². The number of carbonyl (C=O) groups is 1. The van der Waals surface area contributed by atoms with Gasteiger partial charge in [-0.25, -0.2) is 0 Å². The maximum atomic E-state index is 12.4. The van der Waals surface area contributed by atoms with Crippen LogP contribution in [0.3, 0.4) is 0 Å². The zero-order valence-corrected chi connectivity index (χ0v) is 12.6. The molecule has 0 unspecified atom stereocenters. The lowest BCUT2D eigenvalue weighted by Gasteiger charge is -2.11. The van der Waals surface area contributed by atoms with Gasteiger partial charge in [0.15, 0.2) is 0 Å². The zero-order chi connectivity index (χ0) is 17.7. The summed E-state index contributed by atoms with van der Waals surface area (Å²) in [5.41, 5.74) is 6.21.